The monoisotopic (exact) mass is 609 g/mol. The lowest BCUT2D eigenvalue weighted by molar-refractivity contribution is -0.0000103. The molecule has 0 saturated heterocycles. The molecule has 4 nitrogen and oxygen atoms in total. The van der Waals surface area contributed by atoms with Crippen LogP contribution < -0.4 is 31.8 Å². The average Bonchev–Trinajstić information content (AvgIpc) is 2.86. The van der Waals surface area contributed by atoms with Gasteiger partial charge in [-0.25, -0.2) is 0 Å². The maximum absolute atomic E-state index is 12.7. The van der Waals surface area contributed by atoms with Gasteiger partial charge in [-0.1, -0.05) is 74.6 Å². The normalized spacial score (nSPS) is 11.7. The molecule has 0 radical (unpaired) electrons. The molecule has 0 aliphatic rings. The molecule has 0 fully saturated rings. The number of nitrogens with zero attached hydrogens (tertiary/aromatic N) is 1. The molecule has 0 heterocycles. The summed E-state index contributed by atoms with van der Waals surface area (Å²) >= 11 is 2.12. The number of halogens is 3. The van der Waals surface area contributed by atoms with Crippen molar-refractivity contribution in [2.24, 2.45) is 4.99 Å². The fourth-order valence-corrected chi connectivity index (χ4v) is 4.70. The van der Waals surface area contributed by atoms with Gasteiger partial charge in [0, 0.05) is 16.3 Å². The number of methoxy groups -OCH3 is 2. The van der Waals surface area contributed by atoms with E-state index in [0.29, 0.717) is 34.7 Å². The lowest BCUT2D eigenvalue weighted by atomic mass is 9.87. The minimum Gasteiger partial charge on any atom is -1.00 e. The standard InChI is InChI=1S/C28H32F2N2O2S2.BrH/c1-28(2,3)21-9-6-19(7-10-21)18-35-27(32-22-11-13-23(14-12-22)36-26(29)30)31-17-20-8-15-24(33-4)25(16-20)34-5;/h6-16,26H,17-18H2,1-5H3,(H,31,32);1H/p-1. The van der Waals surface area contributed by atoms with Crippen molar-refractivity contribution in [3.05, 3.63) is 83.4 Å². The van der Waals surface area contributed by atoms with Gasteiger partial charge in [0.05, 0.1) is 20.8 Å². The number of amidine groups is 1. The zero-order valence-electron chi connectivity index (χ0n) is 21.6. The van der Waals surface area contributed by atoms with Crippen LogP contribution in [0.3, 0.4) is 0 Å². The van der Waals surface area contributed by atoms with Gasteiger partial charge >= 0.3 is 0 Å². The fourth-order valence-electron chi connectivity index (χ4n) is 3.36. The van der Waals surface area contributed by atoms with E-state index in [2.05, 4.69) is 50.4 Å². The van der Waals surface area contributed by atoms with Crippen LogP contribution in [0.1, 0.15) is 37.5 Å². The topological polar surface area (TPSA) is 42.8 Å². The molecular weight excluding hydrogens is 578 g/mol. The molecule has 3 rings (SSSR count). The molecule has 0 aliphatic carbocycles. The SMILES string of the molecule is COc1ccc(CN=C(Nc2ccc(SC(F)F)cc2)SCc2ccc(C(C)(C)C)cc2)cc1OC.[Br-]. The summed E-state index contributed by atoms with van der Waals surface area (Å²) in [6.07, 6.45) is 0. The minimum absolute atomic E-state index is 0. The van der Waals surface area contributed by atoms with Gasteiger partial charge in [-0.15, -0.1) is 0 Å². The highest BCUT2D eigenvalue weighted by Gasteiger charge is 2.13. The number of thioether (sulfide) groups is 2. The number of anilines is 1. The number of alkyl halides is 2. The molecule has 0 amide bonds. The highest BCUT2D eigenvalue weighted by molar-refractivity contribution is 8.13. The zero-order chi connectivity index (χ0) is 26.1. The first-order chi connectivity index (χ1) is 17.2. The molecule has 0 bridgehead atoms. The van der Waals surface area contributed by atoms with Crippen molar-refractivity contribution >= 4 is 34.4 Å². The Kier molecular flexibility index (Phi) is 12.3. The molecule has 37 heavy (non-hydrogen) atoms. The molecule has 0 saturated carbocycles. The number of rotatable bonds is 9. The Morgan fingerprint density at radius 1 is 0.892 bits per heavy atom. The van der Waals surface area contributed by atoms with Crippen LogP contribution in [-0.4, -0.2) is 25.1 Å². The van der Waals surface area contributed by atoms with Crippen LogP contribution in [0.25, 0.3) is 0 Å². The van der Waals surface area contributed by atoms with E-state index in [1.807, 2.05) is 18.2 Å². The summed E-state index contributed by atoms with van der Waals surface area (Å²) in [7, 11) is 3.21. The van der Waals surface area contributed by atoms with Crippen LogP contribution in [0.4, 0.5) is 14.5 Å². The second-order valence-corrected chi connectivity index (χ2v) is 11.1. The predicted octanol–water partition coefficient (Wildman–Crippen LogP) is 5.22. The Hall–Kier alpha value is -2.23. The van der Waals surface area contributed by atoms with Gasteiger partial charge in [-0.05, 0) is 58.5 Å². The van der Waals surface area contributed by atoms with E-state index >= 15 is 0 Å². The molecule has 0 aromatic heterocycles. The van der Waals surface area contributed by atoms with E-state index in [1.165, 1.54) is 11.1 Å². The highest BCUT2D eigenvalue weighted by atomic mass is 79.9. The molecule has 200 valence electrons. The van der Waals surface area contributed by atoms with Crippen molar-refractivity contribution in [2.45, 2.75) is 49.1 Å². The van der Waals surface area contributed by atoms with Crippen LogP contribution in [-0.2, 0) is 17.7 Å². The van der Waals surface area contributed by atoms with Crippen molar-refractivity contribution in [3.8, 4) is 11.5 Å². The lowest BCUT2D eigenvalue weighted by Gasteiger charge is -2.19. The van der Waals surface area contributed by atoms with Gasteiger partial charge in [-0.2, -0.15) is 8.78 Å². The Morgan fingerprint density at radius 3 is 2.08 bits per heavy atom. The number of aliphatic imine (C=N–C) groups is 1. The number of benzene rings is 3. The molecule has 0 unspecified atom stereocenters. The maximum atomic E-state index is 12.7. The van der Waals surface area contributed by atoms with Crippen molar-refractivity contribution in [2.75, 3.05) is 19.5 Å². The summed E-state index contributed by atoms with van der Waals surface area (Å²) in [6, 6.07) is 21.3. The molecule has 0 atom stereocenters. The van der Waals surface area contributed by atoms with Gasteiger partial charge in [0.15, 0.2) is 16.7 Å². The first-order valence-electron chi connectivity index (χ1n) is 11.5. The summed E-state index contributed by atoms with van der Waals surface area (Å²) in [5.41, 5.74) is 4.35. The summed E-state index contributed by atoms with van der Waals surface area (Å²) in [5.74, 6) is -0.388. The van der Waals surface area contributed by atoms with Crippen LogP contribution in [0, 0.1) is 0 Å². The minimum atomic E-state index is -2.44. The summed E-state index contributed by atoms with van der Waals surface area (Å²) in [6.45, 7) is 7.04. The van der Waals surface area contributed by atoms with Gasteiger partial charge in [0.2, 0.25) is 0 Å². The number of nitrogens with one attached hydrogen (secondary N) is 1. The number of hydrogen-bond donors (Lipinski definition) is 1. The molecular formula is C28H32BrF2N2O2S2-. The largest absolute Gasteiger partial charge is 1.00 e. The Balaban J connectivity index is 0.00000481. The Bertz CT molecular complexity index is 1150. The smallest absolute Gasteiger partial charge is 0.288 e. The van der Waals surface area contributed by atoms with Gasteiger partial charge in [0.1, 0.15) is 0 Å². The molecule has 3 aromatic carbocycles. The number of hydrogen-bond acceptors (Lipinski definition) is 5. The average molecular weight is 611 g/mol. The third-order valence-corrected chi connectivity index (χ3v) is 7.08. The van der Waals surface area contributed by atoms with Crippen molar-refractivity contribution in [3.63, 3.8) is 0 Å². The van der Waals surface area contributed by atoms with E-state index in [-0.39, 0.29) is 22.4 Å². The fraction of sp³-hybridized carbons (Fsp3) is 0.321. The molecule has 3 aromatic rings. The zero-order valence-corrected chi connectivity index (χ0v) is 24.8. The van der Waals surface area contributed by atoms with E-state index in [0.717, 1.165) is 22.2 Å². The van der Waals surface area contributed by atoms with Crippen molar-refractivity contribution in [1.82, 2.24) is 0 Å². The van der Waals surface area contributed by atoms with E-state index < -0.39 is 5.76 Å². The van der Waals surface area contributed by atoms with Crippen molar-refractivity contribution < 1.29 is 35.2 Å². The highest BCUT2D eigenvalue weighted by Crippen LogP contribution is 2.29. The predicted molar refractivity (Wildman–Crippen MR) is 149 cm³/mol. The second-order valence-electron chi connectivity index (χ2n) is 9.07. The first-order valence-corrected chi connectivity index (χ1v) is 13.3. The summed E-state index contributed by atoms with van der Waals surface area (Å²) in [5, 5.41) is 4.08. The van der Waals surface area contributed by atoms with Crippen LogP contribution in [0.15, 0.2) is 76.6 Å². The quantitative estimate of drug-likeness (QED) is 0.205. The molecule has 9 heteroatoms. The van der Waals surface area contributed by atoms with Crippen LogP contribution >= 0.6 is 23.5 Å². The van der Waals surface area contributed by atoms with E-state index in [9.17, 15) is 8.78 Å². The van der Waals surface area contributed by atoms with Crippen LogP contribution in [0.5, 0.6) is 11.5 Å². The molecule has 0 aliphatic heterocycles. The first kappa shape index (κ1) is 31.0. The second kappa shape index (κ2) is 14.6. The van der Waals surface area contributed by atoms with Gasteiger partial charge in [0.25, 0.3) is 5.76 Å². The van der Waals surface area contributed by atoms with E-state index in [1.54, 1.807) is 50.2 Å². The lowest BCUT2D eigenvalue weighted by Crippen LogP contribution is -3.00. The van der Waals surface area contributed by atoms with Gasteiger partial charge < -0.3 is 31.8 Å². The van der Waals surface area contributed by atoms with Crippen molar-refractivity contribution in [1.29, 1.82) is 0 Å². The van der Waals surface area contributed by atoms with Gasteiger partial charge in [-0.3, -0.25) is 4.99 Å². The third kappa shape index (κ3) is 9.87. The third-order valence-electron chi connectivity index (χ3n) is 5.38. The maximum Gasteiger partial charge on any atom is 0.288 e. The van der Waals surface area contributed by atoms with E-state index in [4.69, 9.17) is 14.5 Å². The summed E-state index contributed by atoms with van der Waals surface area (Å²) in [4.78, 5) is 5.33. The number of ether oxygens (including phenoxy) is 2. The molecule has 0 spiro atoms. The summed E-state index contributed by atoms with van der Waals surface area (Å²) < 4.78 is 36.0. The Morgan fingerprint density at radius 2 is 1.51 bits per heavy atom. The Labute approximate surface area is 237 Å². The van der Waals surface area contributed by atoms with Crippen LogP contribution in [0.2, 0.25) is 0 Å². The molecule has 1 N–H and O–H groups in total.